The first-order valence-electron chi connectivity index (χ1n) is 6.75. The van der Waals surface area contributed by atoms with Crippen LogP contribution in [0, 0.1) is 0 Å². The Balaban J connectivity index is 1.68. The Morgan fingerprint density at radius 3 is 2.63 bits per heavy atom. The number of benzene rings is 1. The molecule has 0 saturated heterocycles. The molecule has 3 heteroatoms. The molecule has 3 nitrogen and oxygen atoms in total. The molecule has 1 aromatic carbocycles. The van der Waals surface area contributed by atoms with E-state index in [4.69, 9.17) is 4.42 Å². The lowest BCUT2D eigenvalue weighted by Gasteiger charge is -2.18. The third-order valence-corrected chi connectivity index (χ3v) is 3.21. The highest BCUT2D eigenvalue weighted by atomic mass is 16.3. The van der Waals surface area contributed by atoms with E-state index in [0.717, 1.165) is 25.4 Å². The van der Waals surface area contributed by atoms with Gasteiger partial charge >= 0.3 is 0 Å². The molecule has 1 N–H and O–H groups in total. The van der Waals surface area contributed by atoms with E-state index in [0.29, 0.717) is 0 Å². The van der Waals surface area contributed by atoms with E-state index in [1.165, 1.54) is 5.56 Å². The van der Waals surface area contributed by atoms with Gasteiger partial charge in [0, 0.05) is 19.6 Å². The molecule has 1 aromatic heterocycles. The van der Waals surface area contributed by atoms with Gasteiger partial charge in [-0.15, -0.1) is 0 Å². The largest absolute Gasteiger partial charge is 0.468 e. The zero-order chi connectivity index (χ0) is 13.5. The summed E-state index contributed by atoms with van der Waals surface area (Å²) in [6.07, 6.45) is 1.72. The predicted octanol–water partition coefficient (Wildman–Crippen LogP) is 3.06. The molecule has 0 radical (unpaired) electrons. The van der Waals surface area contributed by atoms with Gasteiger partial charge < -0.3 is 14.6 Å². The third kappa shape index (κ3) is 4.54. The Labute approximate surface area is 115 Å². The second-order valence-electron chi connectivity index (χ2n) is 4.91. The highest BCUT2D eigenvalue weighted by Gasteiger charge is 2.07. The first-order chi connectivity index (χ1) is 9.25. The minimum atomic E-state index is 0.264. The summed E-state index contributed by atoms with van der Waals surface area (Å²) in [5.41, 5.74) is 1.35. The lowest BCUT2D eigenvalue weighted by molar-refractivity contribution is 0.313. The summed E-state index contributed by atoms with van der Waals surface area (Å²) in [5.74, 6) is 0.991. The number of likely N-dealkylation sites (N-methyl/N-ethyl adjacent to an activating group) is 1. The molecule has 0 aliphatic carbocycles. The van der Waals surface area contributed by atoms with Gasteiger partial charge in [-0.3, -0.25) is 0 Å². The average molecular weight is 258 g/mol. The molecular formula is C16H22N2O. The summed E-state index contributed by atoms with van der Waals surface area (Å²) in [5, 5.41) is 3.47. The Morgan fingerprint density at radius 2 is 1.95 bits per heavy atom. The summed E-state index contributed by atoms with van der Waals surface area (Å²) in [4.78, 5) is 2.32. The van der Waals surface area contributed by atoms with Crippen LogP contribution in [0.5, 0.6) is 0 Å². The Bertz CT molecular complexity index is 453. The van der Waals surface area contributed by atoms with Crippen LogP contribution >= 0.6 is 0 Å². The zero-order valence-electron chi connectivity index (χ0n) is 11.7. The van der Waals surface area contributed by atoms with Crippen molar-refractivity contribution in [2.24, 2.45) is 0 Å². The maximum Gasteiger partial charge on any atom is 0.120 e. The molecule has 0 amide bonds. The van der Waals surface area contributed by atoms with Crippen molar-refractivity contribution in [3.63, 3.8) is 0 Å². The third-order valence-electron chi connectivity index (χ3n) is 3.21. The molecule has 1 heterocycles. The maximum atomic E-state index is 5.37. The van der Waals surface area contributed by atoms with Crippen molar-refractivity contribution in [1.82, 2.24) is 10.2 Å². The number of rotatable bonds is 7. The van der Waals surface area contributed by atoms with Crippen molar-refractivity contribution in [2.45, 2.75) is 19.5 Å². The highest BCUT2D eigenvalue weighted by molar-refractivity contribution is 5.14. The van der Waals surface area contributed by atoms with Crippen molar-refractivity contribution < 1.29 is 4.42 Å². The van der Waals surface area contributed by atoms with Crippen molar-refractivity contribution in [3.8, 4) is 0 Å². The van der Waals surface area contributed by atoms with Crippen LogP contribution in [0.4, 0.5) is 0 Å². The molecule has 0 aliphatic rings. The molecule has 0 aliphatic heterocycles. The van der Waals surface area contributed by atoms with Crippen LogP contribution in [0.15, 0.2) is 53.1 Å². The lowest BCUT2D eigenvalue weighted by Crippen LogP contribution is -2.30. The summed E-state index contributed by atoms with van der Waals surface area (Å²) in [7, 11) is 2.15. The van der Waals surface area contributed by atoms with Gasteiger partial charge in [-0.2, -0.15) is 0 Å². The maximum absolute atomic E-state index is 5.37. The second-order valence-corrected chi connectivity index (χ2v) is 4.91. The van der Waals surface area contributed by atoms with Crippen LogP contribution in [0.2, 0.25) is 0 Å². The first-order valence-corrected chi connectivity index (χ1v) is 6.75. The van der Waals surface area contributed by atoms with Gasteiger partial charge in [-0.1, -0.05) is 30.3 Å². The van der Waals surface area contributed by atoms with Crippen molar-refractivity contribution in [3.05, 3.63) is 60.1 Å². The standard InChI is InChI=1S/C16H22N2O/c1-14(16-9-6-12-19-16)17-10-11-18(2)13-15-7-4-3-5-8-15/h3-9,12,14,17H,10-11,13H2,1-2H3. The molecule has 19 heavy (non-hydrogen) atoms. The molecule has 2 aromatic rings. The number of nitrogens with one attached hydrogen (secondary N) is 1. The molecule has 1 atom stereocenters. The van der Waals surface area contributed by atoms with Gasteiger partial charge in [0.1, 0.15) is 5.76 Å². The van der Waals surface area contributed by atoms with Gasteiger partial charge in [0.2, 0.25) is 0 Å². The van der Waals surface area contributed by atoms with Gasteiger partial charge in [0.25, 0.3) is 0 Å². The molecule has 0 fully saturated rings. The Morgan fingerprint density at radius 1 is 1.16 bits per heavy atom. The number of hydrogen-bond acceptors (Lipinski definition) is 3. The topological polar surface area (TPSA) is 28.4 Å². The average Bonchev–Trinajstić information content (AvgIpc) is 2.93. The minimum Gasteiger partial charge on any atom is -0.468 e. The summed E-state index contributed by atoms with van der Waals surface area (Å²) in [6.45, 7) is 5.07. The highest BCUT2D eigenvalue weighted by Crippen LogP contribution is 2.11. The fraction of sp³-hybridized carbons (Fsp3) is 0.375. The zero-order valence-corrected chi connectivity index (χ0v) is 11.7. The van der Waals surface area contributed by atoms with Crippen LogP contribution in [0.1, 0.15) is 24.3 Å². The molecular weight excluding hydrogens is 236 g/mol. The van der Waals surface area contributed by atoms with Crippen LogP contribution in [0.25, 0.3) is 0 Å². The van der Waals surface area contributed by atoms with Gasteiger partial charge in [-0.25, -0.2) is 0 Å². The van der Waals surface area contributed by atoms with E-state index in [9.17, 15) is 0 Å². The Hall–Kier alpha value is -1.58. The minimum absolute atomic E-state index is 0.264. The van der Waals surface area contributed by atoms with E-state index < -0.39 is 0 Å². The van der Waals surface area contributed by atoms with Gasteiger partial charge in [0.15, 0.2) is 0 Å². The second kappa shape index (κ2) is 7.12. The van der Waals surface area contributed by atoms with Crippen LogP contribution in [0.3, 0.4) is 0 Å². The van der Waals surface area contributed by atoms with Crippen LogP contribution in [-0.4, -0.2) is 25.0 Å². The Kier molecular flexibility index (Phi) is 5.19. The van der Waals surface area contributed by atoms with E-state index in [1.807, 2.05) is 12.1 Å². The van der Waals surface area contributed by atoms with Crippen LogP contribution < -0.4 is 5.32 Å². The molecule has 0 spiro atoms. The normalized spacial score (nSPS) is 12.8. The van der Waals surface area contributed by atoms with Crippen molar-refractivity contribution in [1.29, 1.82) is 0 Å². The van der Waals surface area contributed by atoms with Gasteiger partial charge in [0.05, 0.1) is 12.3 Å². The number of nitrogens with zero attached hydrogens (tertiary/aromatic N) is 1. The summed E-state index contributed by atoms with van der Waals surface area (Å²) >= 11 is 0. The molecule has 0 saturated carbocycles. The molecule has 102 valence electrons. The van der Waals surface area contributed by atoms with Crippen molar-refractivity contribution >= 4 is 0 Å². The van der Waals surface area contributed by atoms with E-state index in [1.54, 1.807) is 6.26 Å². The quantitative estimate of drug-likeness (QED) is 0.827. The lowest BCUT2D eigenvalue weighted by atomic mass is 10.2. The fourth-order valence-corrected chi connectivity index (χ4v) is 2.08. The first kappa shape index (κ1) is 13.8. The molecule has 2 rings (SSSR count). The number of furan rings is 1. The smallest absolute Gasteiger partial charge is 0.120 e. The van der Waals surface area contributed by atoms with E-state index in [-0.39, 0.29) is 6.04 Å². The summed E-state index contributed by atoms with van der Waals surface area (Å²) in [6, 6.07) is 14.7. The SMILES string of the molecule is CC(NCCN(C)Cc1ccccc1)c1ccco1. The van der Waals surface area contributed by atoms with E-state index >= 15 is 0 Å². The predicted molar refractivity (Wildman–Crippen MR) is 77.9 cm³/mol. The monoisotopic (exact) mass is 258 g/mol. The van der Waals surface area contributed by atoms with Crippen molar-refractivity contribution in [2.75, 3.05) is 20.1 Å². The summed E-state index contributed by atoms with van der Waals surface area (Å²) < 4.78 is 5.37. The van der Waals surface area contributed by atoms with Gasteiger partial charge in [-0.05, 0) is 31.7 Å². The number of hydrogen-bond donors (Lipinski definition) is 1. The molecule has 1 unspecified atom stereocenters. The van der Waals surface area contributed by atoms with E-state index in [2.05, 4.69) is 54.5 Å². The fourth-order valence-electron chi connectivity index (χ4n) is 2.08. The van der Waals surface area contributed by atoms with Crippen LogP contribution in [-0.2, 0) is 6.54 Å². The molecule has 0 bridgehead atoms.